The fraction of sp³-hybridized carbons (Fsp3) is 0.250. The maximum atomic E-state index is 11.3. The van der Waals surface area contributed by atoms with E-state index >= 15 is 0 Å². The average molecular weight is 303 g/mol. The molecule has 0 aliphatic heterocycles. The Morgan fingerprint density at radius 1 is 1.19 bits per heavy atom. The number of carbonyl (C=O) groups excluding carboxylic acids is 1. The van der Waals surface area contributed by atoms with Crippen LogP contribution in [0.2, 0.25) is 5.02 Å². The van der Waals surface area contributed by atoms with Crippen LogP contribution in [0.3, 0.4) is 0 Å². The normalized spacial score (nSPS) is 14.5. The fourth-order valence-corrected chi connectivity index (χ4v) is 2.29. The molecule has 1 amide bonds. The summed E-state index contributed by atoms with van der Waals surface area (Å²) in [6.07, 6.45) is 3.37. The molecule has 0 radical (unpaired) electrons. The maximum absolute atomic E-state index is 11.3. The predicted octanol–water partition coefficient (Wildman–Crippen LogP) is 3.43. The van der Waals surface area contributed by atoms with Crippen LogP contribution in [0, 0.1) is 0 Å². The van der Waals surface area contributed by atoms with Crippen LogP contribution < -0.4 is 10.5 Å². The van der Waals surface area contributed by atoms with Crippen molar-refractivity contribution < 1.29 is 9.53 Å². The summed E-state index contributed by atoms with van der Waals surface area (Å²) in [5.41, 5.74) is 7.28. The molecule has 21 heavy (non-hydrogen) atoms. The molecule has 2 aromatic rings. The van der Waals surface area contributed by atoms with Crippen molar-refractivity contribution in [2.24, 2.45) is 5.73 Å². The molecule has 108 valence electrons. The molecule has 0 unspecified atom stereocenters. The Morgan fingerprint density at radius 3 is 2.48 bits per heavy atom. The van der Waals surface area contributed by atoms with Crippen molar-refractivity contribution in [3.63, 3.8) is 0 Å². The van der Waals surface area contributed by atoms with Crippen molar-refractivity contribution in [3.8, 4) is 17.0 Å². The van der Waals surface area contributed by atoms with Crippen LogP contribution >= 0.6 is 11.6 Å². The molecule has 1 heterocycles. The summed E-state index contributed by atoms with van der Waals surface area (Å²) >= 11 is 5.91. The van der Waals surface area contributed by atoms with Gasteiger partial charge in [-0.05, 0) is 49.1 Å². The number of pyridine rings is 1. The summed E-state index contributed by atoms with van der Waals surface area (Å²) in [5, 5.41) is 0.668. The number of aromatic nitrogens is 1. The van der Waals surface area contributed by atoms with Gasteiger partial charge in [0.2, 0.25) is 5.88 Å². The second kappa shape index (κ2) is 5.74. The van der Waals surface area contributed by atoms with E-state index in [1.807, 2.05) is 30.3 Å². The van der Waals surface area contributed by atoms with Gasteiger partial charge < -0.3 is 10.5 Å². The minimum atomic E-state index is -0.559. The number of hydrogen-bond donors (Lipinski definition) is 1. The summed E-state index contributed by atoms with van der Waals surface area (Å²) in [7, 11) is 0. The smallest absolute Gasteiger partial charge is 0.267 e. The number of nitrogens with two attached hydrogens (primary N) is 1. The Hall–Kier alpha value is -2.07. The number of ether oxygens (including phenoxy) is 1. The molecule has 0 bridgehead atoms. The first kappa shape index (κ1) is 13.9. The van der Waals surface area contributed by atoms with Crippen molar-refractivity contribution in [1.29, 1.82) is 0 Å². The van der Waals surface area contributed by atoms with E-state index in [0.29, 0.717) is 10.9 Å². The van der Waals surface area contributed by atoms with E-state index in [1.165, 1.54) is 0 Å². The van der Waals surface area contributed by atoms with E-state index in [1.54, 1.807) is 6.07 Å². The zero-order valence-corrected chi connectivity index (χ0v) is 12.1. The van der Waals surface area contributed by atoms with Crippen LogP contribution in [-0.2, 0) is 0 Å². The van der Waals surface area contributed by atoms with Gasteiger partial charge in [0.25, 0.3) is 5.91 Å². The van der Waals surface area contributed by atoms with Gasteiger partial charge in [0.05, 0.1) is 0 Å². The second-order valence-corrected chi connectivity index (χ2v) is 5.53. The fourth-order valence-electron chi connectivity index (χ4n) is 2.16. The molecule has 1 aromatic carbocycles. The largest absolute Gasteiger partial charge is 0.474 e. The summed E-state index contributed by atoms with van der Waals surface area (Å²) < 4.78 is 5.91. The average Bonchev–Trinajstić information content (AvgIpc) is 2.43. The topological polar surface area (TPSA) is 65.2 Å². The molecule has 0 atom stereocenters. The first-order chi connectivity index (χ1) is 10.1. The third-order valence-electron chi connectivity index (χ3n) is 3.60. The number of rotatable bonds is 4. The van der Waals surface area contributed by atoms with Gasteiger partial charge in [-0.2, -0.15) is 0 Å². The molecule has 2 N–H and O–H groups in total. The Kier molecular flexibility index (Phi) is 3.80. The van der Waals surface area contributed by atoms with E-state index in [-0.39, 0.29) is 11.8 Å². The number of halogens is 1. The predicted molar refractivity (Wildman–Crippen MR) is 81.5 cm³/mol. The van der Waals surface area contributed by atoms with Gasteiger partial charge in [-0.1, -0.05) is 23.7 Å². The van der Waals surface area contributed by atoms with E-state index in [2.05, 4.69) is 4.98 Å². The van der Waals surface area contributed by atoms with Crippen LogP contribution in [0.5, 0.6) is 5.88 Å². The van der Waals surface area contributed by atoms with Gasteiger partial charge in [-0.15, -0.1) is 0 Å². The molecule has 3 rings (SSSR count). The highest BCUT2D eigenvalue weighted by Crippen LogP contribution is 2.33. The highest BCUT2D eigenvalue weighted by Gasteiger charge is 2.22. The SMILES string of the molecule is NC(=O)c1ccc(-c2ccc(Cl)cc2)c(OC2CCC2)n1. The molecule has 1 saturated carbocycles. The van der Waals surface area contributed by atoms with Crippen molar-refractivity contribution in [3.05, 3.63) is 47.1 Å². The van der Waals surface area contributed by atoms with E-state index in [0.717, 1.165) is 30.4 Å². The van der Waals surface area contributed by atoms with E-state index < -0.39 is 5.91 Å². The number of amides is 1. The van der Waals surface area contributed by atoms with Crippen LogP contribution in [0.4, 0.5) is 0 Å². The zero-order valence-electron chi connectivity index (χ0n) is 11.4. The number of carbonyl (C=O) groups is 1. The van der Waals surface area contributed by atoms with Crippen LogP contribution in [0.15, 0.2) is 36.4 Å². The Bertz CT molecular complexity index is 666. The van der Waals surface area contributed by atoms with Crippen molar-refractivity contribution in [2.45, 2.75) is 25.4 Å². The molecular weight excluding hydrogens is 288 g/mol. The Morgan fingerprint density at radius 2 is 1.90 bits per heavy atom. The maximum Gasteiger partial charge on any atom is 0.267 e. The number of benzene rings is 1. The molecule has 0 spiro atoms. The van der Waals surface area contributed by atoms with Gasteiger partial charge in [0, 0.05) is 10.6 Å². The minimum Gasteiger partial charge on any atom is -0.474 e. The lowest BCUT2D eigenvalue weighted by Gasteiger charge is -2.27. The van der Waals surface area contributed by atoms with Crippen molar-refractivity contribution in [1.82, 2.24) is 4.98 Å². The molecule has 1 aromatic heterocycles. The number of nitrogens with zero attached hydrogens (tertiary/aromatic N) is 1. The molecule has 0 saturated heterocycles. The summed E-state index contributed by atoms with van der Waals surface area (Å²) in [6.45, 7) is 0. The second-order valence-electron chi connectivity index (χ2n) is 5.09. The van der Waals surface area contributed by atoms with Crippen LogP contribution in [0.1, 0.15) is 29.8 Å². The number of hydrogen-bond acceptors (Lipinski definition) is 3. The molecule has 1 aliphatic carbocycles. The Balaban J connectivity index is 2.00. The van der Waals surface area contributed by atoms with Crippen LogP contribution in [0.25, 0.3) is 11.1 Å². The molecule has 4 nitrogen and oxygen atoms in total. The highest BCUT2D eigenvalue weighted by atomic mass is 35.5. The van der Waals surface area contributed by atoms with E-state index in [4.69, 9.17) is 22.1 Å². The van der Waals surface area contributed by atoms with Crippen molar-refractivity contribution >= 4 is 17.5 Å². The monoisotopic (exact) mass is 302 g/mol. The lowest BCUT2D eigenvalue weighted by atomic mass is 9.96. The van der Waals surface area contributed by atoms with Gasteiger partial charge in [0.15, 0.2) is 0 Å². The summed E-state index contributed by atoms with van der Waals surface area (Å²) in [4.78, 5) is 15.6. The molecular formula is C16H15ClN2O2. The summed E-state index contributed by atoms with van der Waals surface area (Å²) in [6, 6.07) is 10.8. The molecule has 5 heteroatoms. The summed E-state index contributed by atoms with van der Waals surface area (Å²) in [5.74, 6) is -0.102. The van der Waals surface area contributed by atoms with E-state index in [9.17, 15) is 4.79 Å². The quantitative estimate of drug-likeness (QED) is 0.941. The molecule has 1 fully saturated rings. The van der Waals surface area contributed by atoms with Crippen molar-refractivity contribution in [2.75, 3.05) is 0 Å². The van der Waals surface area contributed by atoms with Crippen LogP contribution in [-0.4, -0.2) is 17.0 Å². The first-order valence-corrected chi connectivity index (χ1v) is 7.25. The first-order valence-electron chi connectivity index (χ1n) is 6.87. The van der Waals surface area contributed by atoms with Gasteiger partial charge in [0.1, 0.15) is 11.8 Å². The lowest BCUT2D eigenvalue weighted by Crippen LogP contribution is -2.26. The third kappa shape index (κ3) is 3.00. The highest BCUT2D eigenvalue weighted by molar-refractivity contribution is 6.30. The van der Waals surface area contributed by atoms with Gasteiger partial charge in [-0.3, -0.25) is 4.79 Å². The van der Waals surface area contributed by atoms with Gasteiger partial charge >= 0.3 is 0 Å². The van der Waals surface area contributed by atoms with Gasteiger partial charge in [-0.25, -0.2) is 4.98 Å². The Labute approximate surface area is 127 Å². The third-order valence-corrected chi connectivity index (χ3v) is 3.85. The number of primary amides is 1. The minimum absolute atomic E-state index is 0.173. The zero-order chi connectivity index (χ0) is 14.8. The molecule has 1 aliphatic rings. The standard InChI is InChI=1S/C16H15ClN2O2/c17-11-6-4-10(5-7-11)13-8-9-14(15(18)20)19-16(13)21-12-2-1-3-12/h4-9,12H,1-3H2,(H2,18,20). The lowest BCUT2D eigenvalue weighted by molar-refractivity contribution is 0.0984.